The van der Waals surface area contributed by atoms with Gasteiger partial charge in [-0.25, -0.2) is 9.59 Å². The van der Waals surface area contributed by atoms with E-state index in [0.29, 0.717) is 34.1 Å². The fourth-order valence-corrected chi connectivity index (χ4v) is 4.06. The average Bonchev–Trinajstić information content (AvgIpc) is 2.75. The lowest BCUT2D eigenvalue weighted by Crippen LogP contribution is -2.48. The van der Waals surface area contributed by atoms with Gasteiger partial charge in [-0.2, -0.15) is 0 Å². The molecule has 168 valence electrons. The zero-order chi connectivity index (χ0) is 23.4. The Balaban J connectivity index is 1.94. The van der Waals surface area contributed by atoms with Crippen LogP contribution in [-0.4, -0.2) is 36.5 Å². The molecule has 3 amide bonds. The topological polar surface area (TPSA) is 87.7 Å². The molecule has 32 heavy (non-hydrogen) atoms. The number of benzene rings is 2. The van der Waals surface area contributed by atoms with E-state index in [1.165, 1.54) is 24.1 Å². The summed E-state index contributed by atoms with van der Waals surface area (Å²) in [6.45, 7) is 4.15. The maximum absolute atomic E-state index is 12.7. The van der Waals surface area contributed by atoms with Gasteiger partial charge in [0.1, 0.15) is 0 Å². The molecule has 1 aliphatic rings. The molecule has 2 aromatic rings. The number of ether oxygens (including phenoxy) is 1. The van der Waals surface area contributed by atoms with Crippen molar-refractivity contribution in [3.8, 4) is 0 Å². The second kappa shape index (κ2) is 10.1. The molecular weight excluding hydrogens is 453 g/mol. The van der Waals surface area contributed by atoms with Crippen molar-refractivity contribution in [3.05, 3.63) is 74.9 Å². The first kappa shape index (κ1) is 23.6. The Bertz CT molecular complexity index is 1100. The molecule has 9 heteroatoms. The van der Waals surface area contributed by atoms with Crippen LogP contribution in [0.25, 0.3) is 0 Å². The van der Waals surface area contributed by atoms with E-state index in [4.69, 9.17) is 27.9 Å². The van der Waals surface area contributed by atoms with Gasteiger partial charge in [0.2, 0.25) is 0 Å². The Labute approximate surface area is 196 Å². The fourth-order valence-electron chi connectivity index (χ4n) is 3.57. The van der Waals surface area contributed by atoms with Gasteiger partial charge in [0.25, 0.3) is 5.91 Å². The van der Waals surface area contributed by atoms with E-state index in [0.717, 1.165) is 6.42 Å². The van der Waals surface area contributed by atoms with Gasteiger partial charge in [0.15, 0.2) is 0 Å². The van der Waals surface area contributed by atoms with Crippen molar-refractivity contribution in [2.75, 3.05) is 19.0 Å². The number of urea groups is 1. The molecule has 2 N–H and O–H groups in total. The summed E-state index contributed by atoms with van der Waals surface area (Å²) in [7, 11) is 1.30. The minimum atomic E-state index is -0.723. The first-order valence-corrected chi connectivity index (χ1v) is 10.8. The molecule has 0 saturated carbocycles. The molecule has 7 nitrogen and oxygen atoms in total. The molecular formula is C23H23Cl2N3O4. The molecule has 1 unspecified atom stereocenters. The lowest BCUT2D eigenvalue weighted by molar-refractivity contribution is -0.136. The van der Waals surface area contributed by atoms with Gasteiger partial charge in [0, 0.05) is 23.0 Å². The van der Waals surface area contributed by atoms with Crippen LogP contribution >= 0.6 is 23.2 Å². The van der Waals surface area contributed by atoms with Gasteiger partial charge < -0.3 is 15.4 Å². The predicted octanol–water partition coefficient (Wildman–Crippen LogP) is 5.17. The zero-order valence-electron chi connectivity index (χ0n) is 17.9. The molecule has 1 atom stereocenters. The first-order chi connectivity index (χ1) is 15.3. The molecule has 0 aromatic heterocycles. The van der Waals surface area contributed by atoms with Crippen LogP contribution in [-0.2, 0) is 9.53 Å². The van der Waals surface area contributed by atoms with Crippen LogP contribution in [0.1, 0.15) is 42.2 Å². The van der Waals surface area contributed by atoms with Crippen molar-refractivity contribution < 1.29 is 19.1 Å². The molecule has 0 bridgehead atoms. The van der Waals surface area contributed by atoms with Gasteiger partial charge in [-0.1, -0.05) is 42.3 Å². The third kappa shape index (κ3) is 4.89. The predicted molar refractivity (Wildman–Crippen MR) is 124 cm³/mol. The largest absolute Gasteiger partial charge is 0.466 e. The number of esters is 1. The minimum Gasteiger partial charge on any atom is -0.466 e. The first-order valence-electron chi connectivity index (χ1n) is 10.00. The zero-order valence-corrected chi connectivity index (χ0v) is 19.4. The molecule has 2 aromatic carbocycles. The monoisotopic (exact) mass is 475 g/mol. The average molecular weight is 476 g/mol. The number of nitrogens with one attached hydrogen (secondary N) is 2. The van der Waals surface area contributed by atoms with Gasteiger partial charge in [-0.15, -0.1) is 0 Å². The number of carbonyl (C=O) groups excluding carboxylic acids is 3. The number of allylic oxidation sites excluding steroid dienone is 1. The van der Waals surface area contributed by atoms with Gasteiger partial charge in [-0.05, 0) is 49.2 Å². The standard InChI is InChI=1S/C23H23Cl2N3O4/c1-4-10-28-13(2)19(22(30)32-3)20(27-23(28)31)14-6-5-7-16(11-14)26-21(29)17-9-8-15(24)12-18(17)25/h5-9,11-12,20H,4,10H2,1-3H3,(H,26,29)(H,27,31). The minimum absolute atomic E-state index is 0.230. The van der Waals surface area contributed by atoms with Crippen molar-refractivity contribution in [1.29, 1.82) is 0 Å². The lowest BCUT2D eigenvalue weighted by Gasteiger charge is -2.35. The highest BCUT2D eigenvalue weighted by Gasteiger charge is 2.36. The second-order valence-corrected chi connectivity index (χ2v) is 8.07. The van der Waals surface area contributed by atoms with Crippen LogP contribution in [0.5, 0.6) is 0 Å². The maximum atomic E-state index is 12.7. The highest BCUT2D eigenvalue weighted by atomic mass is 35.5. The second-order valence-electron chi connectivity index (χ2n) is 7.23. The number of nitrogens with zero attached hydrogens (tertiary/aromatic N) is 1. The van der Waals surface area contributed by atoms with Gasteiger partial charge in [0.05, 0.1) is 29.3 Å². The molecule has 1 heterocycles. The van der Waals surface area contributed by atoms with Crippen molar-refractivity contribution >= 4 is 46.8 Å². The van der Waals surface area contributed by atoms with Crippen LogP contribution in [0.4, 0.5) is 10.5 Å². The molecule has 3 rings (SSSR count). The van der Waals surface area contributed by atoms with Crippen LogP contribution in [0.3, 0.4) is 0 Å². The van der Waals surface area contributed by atoms with E-state index in [2.05, 4.69) is 10.6 Å². The number of rotatable bonds is 6. The van der Waals surface area contributed by atoms with E-state index in [-0.39, 0.29) is 16.6 Å². The van der Waals surface area contributed by atoms with E-state index < -0.39 is 17.9 Å². The van der Waals surface area contributed by atoms with E-state index >= 15 is 0 Å². The van der Waals surface area contributed by atoms with E-state index in [1.54, 1.807) is 37.3 Å². The normalized spacial score (nSPS) is 16.0. The van der Waals surface area contributed by atoms with Crippen molar-refractivity contribution in [1.82, 2.24) is 10.2 Å². The lowest BCUT2D eigenvalue weighted by atomic mass is 9.94. The summed E-state index contributed by atoms with van der Waals surface area (Å²) in [5.41, 5.74) is 2.24. The number of halogens is 2. The third-order valence-corrected chi connectivity index (χ3v) is 5.65. The smallest absolute Gasteiger partial charge is 0.337 e. The van der Waals surface area contributed by atoms with Crippen molar-refractivity contribution in [3.63, 3.8) is 0 Å². The van der Waals surface area contributed by atoms with Gasteiger partial charge in [-0.3, -0.25) is 9.69 Å². The molecule has 0 spiro atoms. The quantitative estimate of drug-likeness (QED) is 0.564. The summed E-state index contributed by atoms with van der Waals surface area (Å²) in [4.78, 5) is 39.5. The summed E-state index contributed by atoms with van der Waals surface area (Å²) in [6, 6.07) is 10.5. The van der Waals surface area contributed by atoms with Gasteiger partial charge >= 0.3 is 12.0 Å². The SMILES string of the molecule is CCCN1C(=O)NC(c2cccc(NC(=O)c3ccc(Cl)cc3Cl)c2)C(C(=O)OC)=C1C. The summed E-state index contributed by atoms with van der Waals surface area (Å²) >= 11 is 12.0. The Kier molecular flexibility index (Phi) is 7.43. The number of anilines is 1. The van der Waals surface area contributed by atoms with Crippen LogP contribution in [0, 0.1) is 0 Å². The number of methoxy groups -OCH3 is 1. The maximum Gasteiger partial charge on any atom is 0.337 e. The number of carbonyl (C=O) groups is 3. The van der Waals surface area contributed by atoms with Crippen LogP contribution in [0.2, 0.25) is 10.0 Å². The Hall–Kier alpha value is -3.03. The summed E-state index contributed by atoms with van der Waals surface area (Å²) in [6.07, 6.45) is 0.735. The number of hydrogen-bond donors (Lipinski definition) is 2. The summed E-state index contributed by atoms with van der Waals surface area (Å²) in [5, 5.41) is 6.31. The van der Waals surface area contributed by atoms with Crippen molar-refractivity contribution in [2.45, 2.75) is 26.3 Å². The molecule has 0 saturated heterocycles. The highest BCUT2D eigenvalue weighted by Crippen LogP contribution is 2.32. The van der Waals surface area contributed by atoms with E-state index in [9.17, 15) is 14.4 Å². The van der Waals surface area contributed by atoms with Crippen LogP contribution < -0.4 is 10.6 Å². The Morgan fingerprint density at radius 1 is 1.19 bits per heavy atom. The van der Waals surface area contributed by atoms with Crippen molar-refractivity contribution in [2.24, 2.45) is 0 Å². The summed E-state index contributed by atoms with van der Waals surface area (Å²) in [5.74, 6) is -0.943. The molecule has 0 aliphatic carbocycles. The number of amides is 3. The number of hydrogen-bond acceptors (Lipinski definition) is 4. The third-order valence-electron chi connectivity index (χ3n) is 5.10. The molecule has 1 aliphatic heterocycles. The Morgan fingerprint density at radius 3 is 2.59 bits per heavy atom. The van der Waals surface area contributed by atoms with Crippen LogP contribution in [0.15, 0.2) is 53.7 Å². The van der Waals surface area contributed by atoms with E-state index in [1.807, 2.05) is 6.92 Å². The highest BCUT2D eigenvalue weighted by molar-refractivity contribution is 6.37. The molecule has 0 radical (unpaired) electrons. The molecule has 0 fully saturated rings. The Morgan fingerprint density at radius 2 is 1.94 bits per heavy atom. The fraction of sp³-hybridized carbons (Fsp3) is 0.261. The summed E-state index contributed by atoms with van der Waals surface area (Å²) < 4.78 is 4.98.